The summed E-state index contributed by atoms with van der Waals surface area (Å²) >= 11 is 5.88. The zero-order valence-corrected chi connectivity index (χ0v) is 13.7. The lowest BCUT2D eigenvalue weighted by molar-refractivity contribution is -0.115. The van der Waals surface area contributed by atoms with Crippen LogP contribution in [0.2, 0.25) is 0 Å². The second-order valence-corrected chi connectivity index (χ2v) is 6.38. The number of carbonyl (C=O) groups is 1. The van der Waals surface area contributed by atoms with Crippen LogP contribution in [0.4, 0.5) is 5.82 Å². The summed E-state index contributed by atoms with van der Waals surface area (Å²) in [4.78, 5) is 13.2. The zero-order chi connectivity index (χ0) is 16.7. The Morgan fingerprint density at radius 2 is 2.18 bits per heavy atom. The highest BCUT2D eigenvalue weighted by molar-refractivity contribution is 6.45. The van der Waals surface area contributed by atoms with E-state index >= 15 is 0 Å². The van der Waals surface area contributed by atoms with Crippen molar-refractivity contribution in [2.45, 2.75) is 52.2 Å². The molecule has 0 aliphatic carbocycles. The summed E-state index contributed by atoms with van der Waals surface area (Å²) < 4.78 is 5.34. The van der Waals surface area contributed by atoms with Crippen LogP contribution in [-0.2, 0) is 10.2 Å². The smallest absolute Gasteiger partial charge is 0.273 e. The van der Waals surface area contributed by atoms with Crippen LogP contribution in [0.25, 0.3) is 0 Å². The Morgan fingerprint density at radius 1 is 1.55 bits per heavy atom. The number of rotatable bonds is 4. The standard InChI is InChI=1S/C15H18ClN3O3/c1-5-6-15(3,4)11-9(7-17)12(18-22-11)19-13(20)8(2)10(16)14(19)21/h13,20H,5-6H2,1-4H3. The molecule has 2 rings (SSSR count). The molecule has 0 aromatic carbocycles. The first-order chi connectivity index (χ1) is 10.3. The summed E-state index contributed by atoms with van der Waals surface area (Å²) in [7, 11) is 0. The fourth-order valence-corrected chi connectivity index (χ4v) is 2.84. The van der Waals surface area contributed by atoms with Gasteiger partial charge in [0.15, 0.2) is 17.8 Å². The Balaban J connectivity index is 2.50. The third-order valence-corrected chi connectivity index (χ3v) is 4.35. The highest BCUT2D eigenvalue weighted by Crippen LogP contribution is 2.38. The third-order valence-electron chi connectivity index (χ3n) is 3.89. The number of aromatic nitrogens is 1. The summed E-state index contributed by atoms with van der Waals surface area (Å²) in [6, 6.07) is 2.03. The van der Waals surface area contributed by atoms with Crippen LogP contribution in [-0.4, -0.2) is 22.4 Å². The molecule has 0 saturated carbocycles. The van der Waals surface area contributed by atoms with Crippen LogP contribution in [0.5, 0.6) is 0 Å². The van der Waals surface area contributed by atoms with Crippen LogP contribution >= 0.6 is 11.6 Å². The van der Waals surface area contributed by atoms with Gasteiger partial charge in [-0.2, -0.15) is 5.26 Å². The average molecular weight is 324 g/mol. The van der Waals surface area contributed by atoms with Crippen molar-refractivity contribution < 1.29 is 14.4 Å². The van der Waals surface area contributed by atoms with E-state index in [1.54, 1.807) is 6.92 Å². The molecule has 1 atom stereocenters. The minimum absolute atomic E-state index is 0.00850. The largest absolute Gasteiger partial charge is 0.369 e. The van der Waals surface area contributed by atoms with Gasteiger partial charge in [0.05, 0.1) is 0 Å². The lowest BCUT2D eigenvalue weighted by Crippen LogP contribution is -2.36. The van der Waals surface area contributed by atoms with Gasteiger partial charge in [-0.25, -0.2) is 0 Å². The van der Waals surface area contributed by atoms with Crippen molar-refractivity contribution in [1.82, 2.24) is 5.16 Å². The van der Waals surface area contributed by atoms with E-state index in [9.17, 15) is 15.2 Å². The van der Waals surface area contributed by atoms with Crippen molar-refractivity contribution in [2.24, 2.45) is 0 Å². The van der Waals surface area contributed by atoms with Crippen molar-refractivity contribution >= 4 is 23.3 Å². The van der Waals surface area contributed by atoms with Crippen LogP contribution in [0, 0.1) is 11.3 Å². The molecule has 0 bridgehead atoms. The van der Waals surface area contributed by atoms with Gasteiger partial charge in [0.2, 0.25) is 0 Å². The predicted octanol–water partition coefficient (Wildman–Crippen LogP) is 2.80. The number of hydrogen-bond acceptors (Lipinski definition) is 5. The predicted molar refractivity (Wildman–Crippen MR) is 81.2 cm³/mol. The van der Waals surface area contributed by atoms with Gasteiger partial charge < -0.3 is 9.63 Å². The molecule has 1 unspecified atom stereocenters. The minimum Gasteiger partial charge on any atom is -0.369 e. The molecule has 0 spiro atoms. The summed E-state index contributed by atoms with van der Waals surface area (Å²) in [5, 5.41) is 23.4. The first-order valence-electron chi connectivity index (χ1n) is 7.04. The molecule has 1 amide bonds. The average Bonchev–Trinajstić information content (AvgIpc) is 2.96. The number of anilines is 1. The fraction of sp³-hybridized carbons (Fsp3) is 0.533. The Labute approximate surface area is 133 Å². The number of hydrogen-bond donors (Lipinski definition) is 1. The van der Waals surface area contributed by atoms with Crippen molar-refractivity contribution in [1.29, 1.82) is 5.26 Å². The highest BCUT2D eigenvalue weighted by atomic mass is 35.5. The second-order valence-electron chi connectivity index (χ2n) is 6.00. The van der Waals surface area contributed by atoms with E-state index in [-0.39, 0.29) is 16.4 Å². The topological polar surface area (TPSA) is 90.4 Å². The lowest BCUT2D eigenvalue weighted by atomic mass is 9.83. The molecule has 118 valence electrons. The van der Waals surface area contributed by atoms with Gasteiger partial charge in [-0.3, -0.25) is 9.69 Å². The van der Waals surface area contributed by atoms with Crippen molar-refractivity contribution in [3.05, 3.63) is 21.9 Å². The van der Waals surface area contributed by atoms with Gasteiger partial charge in [-0.15, -0.1) is 0 Å². The van der Waals surface area contributed by atoms with Gasteiger partial charge in [-0.05, 0) is 13.3 Å². The fourth-order valence-electron chi connectivity index (χ4n) is 2.65. The summed E-state index contributed by atoms with van der Waals surface area (Å²) in [6.07, 6.45) is 0.468. The SMILES string of the molecule is CCCC(C)(C)c1onc(N2C(=O)C(Cl)=C(C)C2O)c1C#N. The van der Waals surface area contributed by atoms with Crippen LogP contribution < -0.4 is 4.90 Å². The quantitative estimate of drug-likeness (QED) is 0.920. The van der Waals surface area contributed by atoms with E-state index in [4.69, 9.17) is 16.1 Å². The monoisotopic (exact) mass is 323 g/mol. The molecular weight excluding hydrogens is 306 g/mol. The molecule has 0 radical (unpaired) electrons. The normalized spacial score (nSPS) is 19.0. The van der Waals surface area contributed by atoms with Crippen molar-refractivity contribution in [3.8, 4) is 6.07 Å². The van der Waals surface area contributed by atoms with Crippen LogP contribution in [0.3, 0.4) is 0 Å². The molecule has 6 nitrogen and oxygen atoms in total. The number of halogens is 1. The van der Waals surface area contributed by atoms with Crippen LogP contribution in [0.15, 0.2) is 15.1 Å². The molecule has 1 aromatic rings. The molecule has 0 saturated heterocycles. The van der Waals surface area contributed by atoms with Gasteiger partial charge in [-0.1, -0.05) is 43.9 Å². The number of aliphatic hydroxyl groups excluding tert-OH is 1. The number of aliphatic hydroxyl groups is 1. The molecule has 2 heterocycles. The van der Waals surface area contributed by atoms with Gasteiger partial charge in [0, 0.05) is 11.0 Å². The number of nitriles is 1. The maximum atomic E-state index is 12.2. The molecule has 0 fully saturated rings. The van der Waals surface area contributed by atoms with E-state index < -0.39 is 17.6 Å². The first kappa shape index (κ1) is 16.5. The van der Waals surface area contributed by atoms with E-state index in [2.05, 4.69) is 5.16 Å². The maximum absolute atomic E-state index is 12.2. The first-order valence-corrected chi connectivity index (χ1v) is 7.42. The van der Waals surface area contributed by atoms with E-state index in [1.807, 2.05) is 26.8 Å². The number of carbonyl (C=O) groups excluding carboxylic acids is 1. The van der Waals surface area contributed by atoms with Crippen molar-refractivity contribution in [3.63, 3.8) is 0 Å². The summed E-state index contributed by atoms with van der Waals surface area (Å²) in [5.74, 6) is -0.169. The van der Waals surface area contributed by atoms with Crippen molar-refractivity contribution in [2.75, 3.05) is 4.90 Å². The molecule has 1 N–H and O–H groups in total. The molecule has 7 heteroatoms. The Kier molecular flexibility index (Phi) is 4.32. The third kappa shape index (κ3) is 2.40. The maximum Gasteiger partial charge on any atom is 0.273 e. The summed E-state index contributed by atoms with van der Waals surface area (Å²) in [6.45, 7) is 7.48. The Hall–Kier alpha value is -1.84. The lowest BCUT2D eigenvalue weighted by Gasteiger charge is -2.21. The Morgan fingerprint density at radius 3 is 2.64 bits per heavy atom. The second kappa shape index (κ2) is 5.75. The molecule has 22 heavy (non-hydrogen) atoms. The van der Waals surface area contributed by atoms with Gasteiger partial charge in [0.25, 0.3) is 5.91 Å². The van der Waals surface area contributed by atoms with E-state index in [1.165, 1.54) is 0 Å². The zero-order valence-electron chi connectivity index (χ0n) is 13.0. The summed E-state index contributed by atoms with van der Waals surface area (Å²) in [5.41, 5.74) is 0.0864. The molecular formula is C15H18ClN3O3. The van der Waals surface area contributed by atoms with Gasteiger partial charge >= 0.3 is 0 Å². The van der Waals surface area contributed by atoms with Gasteiger partial charge in [0.1, 0.15) is 16.7 Å². The number of amides is 1. The van der Waals surface area contributed by atoms with E-state index in [0.29, 0.717) is 11.3 Å². The molecule has 1 aliphatic heterocycles. The van der Waals surface area contributed by atoms with E-state index in [0.717, 1.165) is 17.7 Å². The highest BCUT2D eigenvalue weighted by Gasteiger charge is 2.41. The number of nitrogens with zero attached hydrogens (tertiary/aromatic N) is 3. The molecule has 1 aliphatic rings. The molecule has 1 aromatic heterocycles. The van der Waals surface area contributed by atoms with Crippen LogP contribution in [0.1, 0.15) is 51.9 Å². The Bertz CT molecular complexity index is 685. The minimum atomic E-state index is -1.24.